The SMILES string of the molecule is CCC(c1nc(C2(C)CC2)no1)C(C)NC. The predicted octanol–water partition coefficient (Wildman–Crippen LogP) is 2.22. The molecule has 16 heavy (non-hydrogen) atoms. The van der Waals surface area contributed by atoms with Crippen molar-refractivity contribution >= 4 is 0 Å². The highest BCUT2D eigenvalue weighted by Gasteiger charge is 2.44. The zero-order chi connectivity index (χ0) is 11.8. The molecular formula is C12H21N3O. The van der Waals surface area contributed by atoms with E-state index in [1.165, 1.54) is 12.8 Å². The van der Waals surface area contributed by atoms with Gasteiger partial charge >= 0.3 is 0 Å². The van der Waals surface area contributed by atoms with E-state index < -0.39 is 0 Å². The number of hydrogen-bond donors (Lipinski definition) is 1. The van der Waals surface area contributed by atoms with Crippen LogP contribution in [0.25, 0.3) is 0 Å². The highest BCUT2D eigenvalue weighted by molar-refractivity contribution is 5.15. The fourth-order valence-corrected chi connectivity index (χ4v) is 1.99. The van der Waals surface area contributed by atoms with Gasteiger partial charge in [0.2, 0.25) is 5.89 Å². The molecule has 0 radical (unpaired) electrons. The van der Waals surface area contributed by atoms with Crippen LogP contribution in [0.1, 0.15) is 57.7 Å². The predicted molar refractivity (Wildman–Crippen MR) is 62.4 cm³/mol. The molecule has 1 aliphatic carbocycles. The van der Waals surface area contributed by atoms with Crippen LogP contribution in [-0.4, -0.2) is 23.2 Å². The van der Waals surface area contributed by atoms with E-state index in [0.29, 0.717) is 12.0 Å². The maximum Gasteiger partial charge on any atom is 0.231 e. The first kappa shape index (κ1) is 11.6. The van der Waals surface area contributed by atoms with E-state index in [-0.39, 0.29) is 5.41 Å². The third-order valence-corrected chi connectivity index (χ3v) is 3.80. The minimum absolute atomic E-state index is 0.197. The van der Waals surface area contributed by atoms with Gasteiger partial charge < -0.3 is 9.84 Å². The topological polar surface area (TPSA) is 51.0 Å². The first-order chi connectivity index (χ1) is 7.60. The van der Waals surface area contributed by atoms with Gasteiger partial charge in [0.1, 0.15) is 0 Å². The Bertz CT molecular complexity index is 357. The first-order valence-corrected chi connectivity index (χ1v) is 6.12. The molecule has 1 aromatic rings. The van der Waals surface area contributed by atoms with Crippen molar-refractivity contribution in [3.63, 3.8) is 0 Å². The van der Waals surface area contributed by atoms with Crippen LogP contribution in [0.4, 0.5) is 0 Å². The van der Waals surface area contributed by atoms with Crippen molar-refractivity contribution in [1.29, 1.82) is 0 Å². The minimum atomic E-state index is 0.197. The fraction of sp³-hybridized carbons (Fsp3) is 0.833. The van der Waals surface area contributed by atoms with Crippen molar-refractivity contribution < 1.29 is 4.52 Å². The number of likely N-dealkylation sites (N-methyl/N-ethyl adjacent to an activating group) is 1. The Labute approximate surface area is 96.8 Å². The smallest absolute Gasteiger partial charge is 0.231 e. The molecule has 0 aliphatic heterocycles. The van der Waals surface area contributed by atoms with E-state index in [9.17, 15) is 0 Å². The average molecular weight is 223 g/mol. The second-order valence-electron chi connectivity index (χ2n) is 5.11. The Morgan fingerprint density at radius 3 is 2.69 bits per heavy atom. The van der Waals surface area contributed by atoms with Gasteiger partial charge in [0, 0.05) is 11.5 Å². The summed E-state index contributed by atoms with van der Waals surface area (Å²) in [6.07, 6.45) is 3.38. The van der Waals surface area contributed by atoms with Crippen molar-refractivity contribution in [3.05, 3.63) is 11.7 Å². The van der Waals surface area contributed by atoms with Crippen LogP contribution in [0.2, 0.25) is 0 Å². The van der Waals surface area contributed by atoms with Gasteiger partial charge in [-0.25, -0.2) is 0 Å². The number of hydrogen-bond acceptors (Lipinski definition) is 4. The van der Waals surface area contributed by atoms with Gasteiger partial charge in [0.25, 0.3) is 0 Å². The zero-order valence-corrected chi connectivity index (χ0v) is 10.6. The summed E-state index contributed by atoms with van der Waals surface area (Å²) in [7, 11) is 1.97. The van der Waals surface area contributed by atoms with Crippen LogP contribution < -0.4 is 5.32 Å². The molecule has 0 amide bonds. The lowest BCUT2D eigenvalue weighted by molar-refractivity contribution is 0.318. The number of nitrogens with zero attached hydrogens (tertiary/aromatic N) is 2. The number of rotatable bonds is 5. The minimum Gasteiger partial charge on any atom is -0.339 e. The molecule has 1 aromatic heterocycles. The number of nitrogens with one attached hydrogen (secondary N) is 1. The zero-order valence-electron chi connectivity index (χ0n) is 10.6. The Kier molecular flexibility index (Phi) is 3.02. The maximum atomic E-state index is 5.41. The largest absolute Gasteiger partial charge is 0.339 e. The van der Waals surface area contributed by atoms with Crippen molar-refractivity contribution in [3.8, 4) is 0 Å². The molecule has 0 aromatic carbocycles. The summed E-state index contributed by atoms with van der Waals surface area (Å²) in [5.74, 6) is 1.99. The molecule has 0 spiro atoms. The van der Waals surface area contributed by atoms with Gasteiger partial charge in [-0.2, -0.15) is 4.98 Å². The van der Waals surface area contributed by atoms with E-state index in [2.05, 4.69) is 36.2 Å². The molecule has 1 fully saturated rings. The summed E-state index contributed by atoms with van der Waals surface area (Å²) in [6, 6.07) is 0.366. The van der Waals surface area contributed by atoms with Crippen LogP contribution in [0, 0.1) is 0 Å². The summed E-state index contributed by atoms with van der Waals surface area (Å²) in [5.41, 5.74) is 0.197. The van der Waals surface area contributed by atoms with Gasteiger partial charge in [-0.05, 0) is 33.2 Å². The average Bonchev–Trinajstić information content (AvgIpc) is 2.84. The lowest BCUT2D eigenvalue weighted by atomic mass is 9.98. The third kappa shape index (κ3) is 1.98. The molecule has 0 bridgehead atoms. The standard InChI is InChI=1S/C12H21N3O/c1-5-9(8(2)13-4)10-14-11(15-16-10)12(3)6-7-12/h8-9,13H,5-7H2,1-4H3. The Hall–Kier alpha value is -0.900. The second-order valence-corrected chi connectivity index (χ2v) is 5.11. The highest BCUT2D eigenvalue weighted by atomic mass is 16.5. The van der Waals surface area contributed by atoms with E-state index in [1.807, 2.05) is 7.05 Å². The molecule has 4 nitrogen and oxygen atoms in total. The molecule has 0 saturated heterocycles. The highest BCUT2D eigenvalue weighted by Crippen LogP contribution is 2.46. The van der Waals surface area contributed by atoms with Crippen LogP contribution in [0.15, 0.2) is 4.52 Å². The van der Waals surface area contributed by atoms with Crippen LogP contribution in [0.3, 0.4) is 0 Å². The van der Waals surface area contributed by atoms with Gasteiger partial charge in [-0.1, -0.05) is 19.0 Å². The second kappa shape index (κ2) is 4.17. The summed E-state index contributed by atoms with van der Waals surface area (Å²) < 4.78 is 5.41. The van der Waals surface area contributed by atoms with Gasteiger partial charge in [-0.3, -0.25) is 0 Å². The van der Waals surface area contributed by atoms with Crippen LogP contribution in [-0.2, 0) is 5.41 Å². The van der Waals surface area contributed by atoms with E-state index in [0.717, 1.165) is 18.1 Å². The van der Waals surface area contributed by atoms with Crippen LogP contribution in [0.5, 0.6) is 0 Å². The molecule has 1 heterocycles. The van der Waals surface area contributed by atoms with E-state index in [1.54, 1.807) is 0 Å². The molecule has 90 valence electrons. The summed E-state index contributed by atoms with van der Waals surface area (Å²) in [6.45, 7) is 6.50. The summed E-state index contributed by atoms with van der Waals surface area (Å²) in [5, 5.41) is 7.37. The summed E-state index contributed by atoms with van der Waals surface area (Å²) in [4.78, 5) is 4.57. The van der Waals surface area contributed by atoms with Crippen molar-refractivity contribution in [2.45, 2.75) is 57.4 Å². The molecule has 4 heteroatoms. The lowest BCUT2D eigenvalue weighted by Gasteiger charge is -2.17. The molecule has 1 N–H and O–H groups in total. The molecular weight excluding hydrogens is 202 g/mol. The Morgan fingerprint density at radius 2 is 2.19 bits per heavy atom. The molecule has 1 aliphatic rings. The van der Waals surface area contributed by atoms with Crippen molar-refractivity contribution in [2.75, 3.05) is 7.05 Å². The molecule has 2 rings (SSSR count). The van der Waals surface area contributed by atoms with E-state index >= 15 is 0 Å². The number of aromatic nitrogens is 2. The molecule has 2 unspecified atom stereocenters. The van der Waals surface area contributed by atoms with Gasteiger partial charge in [0.05, 0.1) is 5.92 Å². The maximum absolute atomic E-state index is 5.41. The monoisotopic (exact) mass is 223 g/mol. The van der Waals surface area contributed by atoms with Crippen LogP contribution >= 0.6 is 0 Å². The fourth-order valence-electron chi connectivity index (χ4n) is 1.99. The quantitative estimate of drug-likeness (QED) is 0.831. The Balaban J connectivity index is 2.16. The normalized spacial score (nSPS) is 21.8. The molecule has 2 atom stereocenters. The summed E-state index contributed by atoms with van der Waals surface area (Å²) >= 11 is 0. The molecule has 1 saturated carbocycles. The van der Waals surface area contributed by atoms with Gasteiger partial charge in [-0.15, -0.1) is 0 Å². The first-order valence-electron chi connectivity index (χ1n) is 6.12. The Morgan fingerprint density at radius 1 is 1.50 bits per heavy atom. The lowest BCUT2D eigenvalue weighted by Crippen LogP contribution is -2.28. The third-order valence-electron chi connectivity index (χ3n) is 3.80. The van der Waals surface area contributed by atoms with E-state index in [4.69, 9.17) is 4.52 Å². The van der Waals surface area contributed by atoms with Crippen molar-refractivity contribution in [1.82, 2.24) is 15.5 Å². The van der Waals surface area contributed by atoms with Gasteiger partial charge in [0.15, 0.2) is 5.82 Å². The van der Waals surface area contributed by atoms with Crippen molar-refractivity contribution in [2.24, 2.45) is 0 Å².